The van der Waals surface area contributed by atoms with E-state index >= 15 is 0 Å². The molecule has 2 atom stereocenters. The van der Waals surface area contributed by atoms with E-state index in [1.54, 1.807) is 47.7 Å². The summed E-state index contributed by atoms with van der Waals surface area (Å²) < 4.78 is 28.7. The van der Waals surface area contributed by atoms with E-state index in [1.165, 1.54) is 0 Å². The first kappa shape index (κ1) is 21.4. The number of hydrogen-bond donors (Lipinski definition) is 2. The van der Waals surface area contributed by atoms with Gasteiger partial charge in [0.2, 0.25) is 0 Å². The first-order valence-corrected chi connectivity index (χ1v) is 12.4. The van der Waals surface area contributed by atoms with Crippen LogP contribution in [0.5, 0.6) is 0 Å². The number of hydrogen-bond acceptors (Lipinski definition) is 6. The number of benzene rings is 2. The molecule has 0 radical (unpaired) electrons. The van der Waals surface area contributed by atoms with E-state index in [-0.39, 0.29) is 4.90 Å². The summed E-state index contributed by atoms with van der Waals surface area (Å²) in [6.45, 7) is 5.87. The summed E-state index contributed by atoms with van der Waals surface area (Å²) in [4.78, 5) is 3.45. The lowest BCUT2D eigenvalue weighted by Crippen LogP contribution is -2.54. The van der Waals surface area contributed by atoms with Crippen molar-refractivity contribution in [2.45, 2.75) is 30.8 Å². The minimum atomic E-state index is -3.83. The monoisotopic (exact) mass is 452 g/mol. The lowest BCUT2D eigenvalue weighted by molar-refractivity contribution is 0.407. The molecule has 2 heterocycles. The van der Waals surface area contributed by atoms with E-state index < -0.39 is 10.0 Å². The number of anilines is 2. The lowest BCUT2D eigenvalue weighted by Gasteiger charge is -2.37. The predicted molar refractivity (Wildman–Crippen MR) is 126 cm³/mol. The molecule has 0 spiro atoms. The van der Waals surface area contributed by atoms with E-state index in [1.807, 2.05) is 23.6 Å². The van der Waals surface area contributed by atoms with Crippen LogP contribution >= 0.6 is 11.3 Å². The Labute approximate surface area is 187 Å². The van der Waals surface area contributed by atoms with Gasteiger partial charge in [0.15, 0.2) is 0 Å². The highest BCUT2D eigenvalue weighted by Gasteiger charge is 2.23. The first-order valence-electron chi connectivity index (χ1n) is 10.1. The van der Waals surface area contributed by atoms with Gasteiger partial charge in [0, 0.05) is 35.7 Å². The van der Waals surface area contributed by atoms with E-state index in [0.29, 0.717) is 23.3 Å². The van der Waals surface area contributed by atoms with Gasteiger partial charge in [0.1, 0.15) is 6.07 Å². The van der Waals surface area contributed by atoms with E-state index in [9.17, 15) is 13.7 Å². The molecule has 1 aromatic heterocycles. The standard InChI is InChI=1S/C23H24N4O2S2/c1-16-14-27(15-17(2)25-16)20-8-5-19(13-24)22(12-20)26-31(28,29)21-9-6-18(7-10-21)23-4-3-11-30-23/h3-12,16-17,25-26H,14-15H2,1-2H3/t16-,17+. The second-order valence-corrected chi connectivity index (χ2v) is 10.5. The molecule has 2 N–H and O–H groups in total. The van der Waals surface area contributed by atoms with Crippen LogP contribution in [-0.2, 0) is 10.0 Å². The van der Waals surface area contributed by atoms with Crippen LogP contribution in [0.1, 0.15) is 19.4 Å². The molecular formula is C23H24N4O2S2. The Kier molecular flexibility index (Phi) is 6.01. The number of nitriles is 1. The van der Waals surface area contributed by atoms with Gasteiger partial charge >= 0.3 is 0 Å². The number of sulfonamides is 1. The van der Waals surface area contributed by atoms with Crippen molar-refractivity contribution in [2.75, 3.05) is 22.7 Å². The van der Waals surface area contributed by atoms with Gasteiger partial charge in [-0.3, -0.25) is 4.72 Å². The normalized spacial score (nSPS) is 19.1. The van der Waals surface area contributed by atoms with Crippen LogP contribution in [0.3, 0.4) is 0 Å². The van der Waals surface area contributed by atoms with Gasteiger partial charge in [-0.25, -0.2) is 8.42 Å². The lowest BCUT2D eigenvalue weighted by atomic mass is 10.1. The molecule has 1 aliphatic heterocycles. The molecule has 3 aromatic rings. The average molecular weight is 453 g/mol. The molecule has 0 saturated carbocycles. The minimum absolute atomic E-state index is 0.159. The summed E-state index contributed by atoms with van der Waals surface area (Å²) in [5, 5.41) is 15.0. The Hall–Kier alpha value is -2.86. The number of nitrogens with zero attached hydrogens (tertiary/aromatic N) is 2. The Morgan fingerprint density at radius 1 is 1.10 bits per heavy atom. The topological polar surface area (TPSA) is 85.2 Å². The molecule has 4 rings (SSSR count). The highest BCUT2D eigenvalue weighted by Crippen LogP contribution is 2.29. The van der Waals surface area contributed by atoms with E-state index in [0.717, 1.165) is 29.2 Å². The summed E-state index contributed by atoms with van der Waals surface area (Å²) in [5.41, 5.74) is 2.44. The molecule has 1 saturated heterocycles. The van der Waals surface area contributed by atoms with E-state index in [2.05, 4.69) is 34.9 Å². The second-order valence-electron chi connectivity index (χ2n) is 7.82. The van der Waals surface area contributed by atoms with Crippen molar-refractivity contribution in [2.24, 2.45) is 0 Å². The third-order valence-electron chi connectivity index (χ3n) is 5.26. The van der Waals surface area contributed by atoms with Gasteiger partial charge < -0.3 is 10.2 Å². The van der Waals surface area contributed by atoms with Gasteiger partial charge in [-0.1, -0.05) is 18.2 Å². The quantitative estimate of drug-likeness (QED) is 0.604. The second kappa shape index (κ2) is 8.71. The zero-order chi connectivity index (χ0) is 22.0. The van der Waals surface area contributed by atoms with Crippen LogP contribution in [0.2, 0.25) is 0 Å². The summed E-state index contributed by atoms with van der Waals surface area (Å²) in [6.07, 6.45) is 0. The number of piperazine rings is 1. The largest absolute Gasteiger partial charge is 0.368 e. The fourth-order valence-corrected chi connectivity index (χ4v) is 5.70. The first-order chi connectivity index (χ1) is 14.9. The summed E-state index contributed by atoms with van der Waals surface area (Å²) in [7, 11) is -3.83. The van der Waals surface area contributed by atoms with Gasteiger partial charge in [-0.15, -0.1) is 11.3 Å². The molecule has 2 aromatic carbocycles. The molecule has 160 valence electrons. The number of rotatable bonds is 5. The van der Waals surface area contributed by atoms with Gasteiger partial charge in [-0.05, 0) is 61.2 Å². The maximum atomic E-state index is 13.0. The molecule has 1 fully saturated rings. The van der Waals surface area contributed by atoms with Crippen molar-refractivity contribution in [1.82, 2.24) is 5.32 Å². The zero-order valence-electron chi connectivity index (χ0n) is 17.4. The van der Waals surface area contributed by atoms with Gasteiger partial charge in [-0.2, -0.15) is 5.26 Å². The Morgan fingerprint density at radius 2 is 1.81 bits per heavy atom. The summed E-state index contributed by atoms with van der Waals surface area (Å²) in [5.74, 6) is 0. The Morgan fingerprint density at radius 3 is 2.42 bits per heavy atom. The molecule has 1 aliphatic rings. The van der Waals surface area contributed by atoms with Crippen LogP contribution in [0.25, 0.3) is 10.4 Å². The van der Waals surface area contributed by atoms with Crippen molar-refractivity contribution in [3.8, 4) is 16.5 Å². The van der Waals surface area contributed by atoms with Crippen molar-refractivity contribution in [1.29, 1.82) is 5.26 Å². The van der Waals surface area contributed by atoms with Crippen LogP contribution in [0.4, 0.5) is 11.4 Å². The number of nitrogens with one attached hydrogen (secondary N) is 2. The van der Waals surface area contributed by atoms with Crippen LogP contribution in [0.15, 0.2) is 64.9 Å². The van der Waals surface area contributed by atoms with Gasteiger partial charge in [0.25, 0.3) is 10.0 Å². The third-order valence-corrected chi connectivity index (χ3v) is 7.56. The number of thiophene rings is 1. The van der Waals surface area contributed by atoms with Crippen molar-refractivity contribution < 1.29 is 8.42 Å². The molecule has 6 nitrogen and oxygen atoms in total. The molecule has 0 unspecified atom stereocenters. The molecular weight excluding hydrogens is 428 g/mol. The van der Waals surface area contributed by atoms with Crippen molar-refractivity contribution in [3.63, 3.8) is 0 Å². The maximum Gasteiger partial charge on any atom is 0.261 e. The smallest absolute Gasteiger partial charge is 0.261 e. The van der Waals surface area contributed by atoms with Crippen LogP contribution < -0.4 is 14.9 Å². The molecule has 0 aliphatic carbocycles. The van der Waals surface area contributed by atoms with Crippen molar-refractivity contribution in [3.05, 3.63) is 65.5 Å². The summed E-state index contributed by atoms with van der Waals surface area (Å²) >= 11 is 1.60. The van der Waals surface area contributed by atoms with Crippen LogP contribution in [-0.4, -0.2) is 33.6 Å². The van der Waals surface area contributed by atoms with Crippen molar-refractivity contribution >= 4 is 32.7 Å². The molecule has 8 heteroatoms. The SMILES string of the molecule is C[C@@H]1CN(c2ccc(C#N)c(NS(=O)(=O)c3ccc(-c4cccs4)cc3)c2)C[C@H](C)N1. The third kappa shape index (κ3) is 4.74. The van der Waals surface area contributed by atoms with E-state index in [4.69, 9.17) is 0 Å². The van der Waals surface area contributed by atoms with Crippen LogP contribution in [0, 0.1) is 11.3 Å². The average Bonchev–Trinajstić information content (AvgIpc) is 3.28. The maximum absolute atomic E-state index is 13.0. The zero-order valence-corrected chi connectivity index (χ0v) is 19.0. The molecule has 0 amide bonds. The Bertz CT molecular complexity index is 1190. The fraction of sp³-hybridized carbons (Fsp3) is 0.261. The Balaban J connectivity index is 1.60. The predicted octanol–water partition coefficient (Wildman–Crippen LogP) is 4.27. The molecule has 31 heavy (non-hydrogen) atoms. The summed E-state index contributed by atoms with van der Waals surface area (Å²) in [6, 6.07) is 18.8. The fourth-order valence-electron chi connectivity index (χ4n) is 3.89. The van der Waals surface area contributed by atoms with Gasteiger partial charge in [0.05, 0.1) is 16.1 Å². The molecule has 0 bridgehead atoms. The minimum Gasteiger partial charge on any atom is -0.368 e. The highest BCUT2D eigenvalue weighted by atomic mass is 32.2. The highest BCUT2D eigenvalue weighted by molar-refractivity contribution is 7.92.